The van der Waals surface area contributed by atoms with Crippen molar-refractivity contribution in [3.05, 3.63) is 35.9 Å². The molecule has 0 N–H and O–H groups in total. The first-order chi connectivity index (χ1) is 16.3. The number of methoxy groups -OCH3 is 2. The summed E-state index contributed by atoms with van der Waals surface area (Å²) in [7, 11) is 2.83. The molecule has 0 saturated heterocycles. The quantitative estimate of drug-likeness (QED) is 0.245. The molecule has 35 heavy (non-hydrogen) atoms. The molecule has 190 valence electrons. The Morgan fingerprint density at radius 2 is 1.20 bits per heavy atom. The first kappa shape index (κ1) is 31.2. The maximum absolute atomic E-state index is 13.6. The van der Waals surface area contributed by atoms with Crippen LogP contribution in [0.3, 0.4) is 0 Å². The van der Waals surface area contributed by atoms with Crippen LogP contribution in [0.5, 0.6) is 28.7 Å². The first-order valence-electron chi connectivity index (χ1n) is 12.0. The Kier molecular flexibility index (Phi) is 13.6. The molecule has 4 unspecified atom stereocenters. The summed E-state index contributed by atoms with van der Waals surface area (Å²) in [6.45, 7) is 12.2. The molecule has 0 heterocycles. The summed E-state index contributed by atoms with van der Waals surface area (Å²) in [5.74, 6) is 2.83. The van der Waals surface area contributed by atoms with E-state index >= 15 is 0 Å². The summed E-state index contributed by atoms with van der Waals surface area (Å²) in [5.41, 5.74) is 0.294. The molecule has 2 aromatic carbocycles. The Hall–Kier alpha value is -1.86. The van der Waals surface area contributed by atoms with Gasteiger partial charge in [-0.25, -0.2) is 0 Å². The Labute approximate surface area is 224 Å². The van der Waals surface area contributed by atoms with Crippen LogP contribution in [0.25, 0.3) is 0 Å². The van der Waals surface area contributed by atoms with E-state index in [4.69, 9.17) is 23.7 Å². The van der Waals surface area contributed by atoms with Crippen molar-refractivity contribution in [3.8, 4) is 28.7 Å². The van der Waals surface area contributed by atoms with Crippen LogP contribution >= 0.6 is 8.58 Å². The number of carbonyl (C=O) groups excluding carboxylic acids is 1. The van der Waals surface area contributed by atoms with Gasteiger partial charge in [0, 0.05) is 12.1 Å². The van der Waals surface area contributed by atoms with E-state index in [0.29, 0.717) is 34.3 Å². The molecule has 0 aliphatic carbocycles. The van der Waals surface area contributed by atoms with E-state index in [1.807, 2.05) is 32.9 Å². The fourth-order valence-electron chi connectivity index (χ4n) is 3.11. The SMILES string of the molecule is CCC(C)Oc1cc(OC(C)CC)c(PC(=O)c2c(OC)cccc2OC)c(OC(C)CC)c1.[LiH]. The molecular formula is C27H40LiO6P. The Bertz CT molecular complexity index is 896. The van der Waals surface area contributed by atoms with Crippen LogP contribution in [0.15, 0.2) is 30.3 Å². The molecule has 2 rings (SSSR count). The van der Waals surface area contributed by atoms with E-state index in [2.05, 4.69) is 20.8 Å². The summed E-state index contributed by atoms with van der Waals surface area (Å²) in [4.78, 5) is 13.6. The average molecular weight is 499 g/mol. The molecule has 6 nitrogen and oxygen atoms in total. The van der Waals surface area contributed by atoms with E-state index in [0.717, 1.165) is 24.6 Å². The molecule has 0 aromatic heterocycles. The van der Waals surface area contributed by atoms with Crippen LogP contribution in [-0.4, -0.2) is 56.9 Å². The van der Waals surface area contributed by atoms with Crippen molar-refractivity contribution in [1.29, 1.82) is 0 Å². The third-order valence-electron chi connectivity index (χ3n) is 5.65. The number of rotatable bonds is 14. The summed E-state index contributed by atoms with van der Waals surface area (Å²) >= 11 is 0. The summed E-state index contributed by atoms with van der Waals surface area (Å²) in [6, 6.07) is 9.06. The van der Waals surface area contributed by atoms with Gasteiger partial charge in [0.25, 0.3) is 0 Å². The van der Waals surface area contributed by atoms with Crippen LogP contribution in [0.4, 0.5) is 0 Å². The second-order valence-corrected chi connectivity index (χ2v) is 9.50. The number of hydrogen-bond acceptors (Lipinski definition) is 6. The summed E-state index contributed by atoms with van der Waals surface area (Å²) < 4.78 is 29.6. The van der Waals surface area contributed by atoms with Crippen LogP contribution in [0.1, 0.15) is 71.2 Å². The van der Waals surface area contributed by atoms with Gasteiger partial charge in [-0.2, -0.15) is 0 Å². The summed E-state index contributed by atoms with van der Waals surface area (Å²) in [5, 5.41) is 0.718. The van der Waals surface area contributed by atoms with E-state index in [1.165, 1.54) is 0 Å². The van der Waals surface area contributed by atoms with Gasteiger partial charge in [-0.1, -0.05) is 26.8 Å². The predicted molar refractivity (Wildman–Crippen MR) is 147 cm³/mol. The van der Waals surface area contributed by atoms with E-state index < -0.39 is 0 Å². The zero-order chi connectivity index (χ0) is 25.3. The standard InChI is InChI=1S/C27H39O6P.Li.H/c1-9-17(4)31-20-15-23(32-18(5)10-2)26(24(16-20)33-19(6)11-3)34-27(28)25-21(29-7)13-12-14-22(25)30-8;;/h12-19,34H,9-11H2,1-8H3;;. The Balaban J connectivity index is 0.00000612. The molecule has 0 radical (unpaired) electrons. The van der Waals surface area contributed by atoms with Crippen molar-refractivity contribution in [2.75, 3.05) is 14.2 Å². The normalized spacial score (nSPS) is 13.5. The fraction of sp³-hybridized carbons (Fsp3) is 0.519. The van der Waals surface area contributed by atoms with E-state index in [-0.39, 0.29) is 51.3 Å². The third kappa shape index (κ3) is 8.64. The van der Waals surface area contributed by atoms with Crippen molar-refractivity contribution in [1.82, 2.24) is 0 Å². The zero-order valence-electron chi connectivity index (χ0n) is 21.7. The van der Waals surface area contributed by atoms with Crippen LogP contribution < -0.4 is 29.0 Å². The van der Waals surface area contributed by atoms with E-state index in [9.17, 15) is 4.79 Å². The molecule has 4 atom stereocenters. The predicted octanol–water partition coefficient (Wildman–Crippen LogP) is 5.73. The van der Waals surface area contributed by atoms with Crippen molar-refractivity contribution in [2.24, 2.45) is 0 Å². The monoisotopic (exact) mass is 498 g/mol. The number of hydrogen-bond donors (Lipinski definition) is 0. The Morgan fingerprint density at radius 1 is 0.771 bits per heavy atom. The van der Waals surface area contributed by atoms with Gasteiger partial charge >= 0.3 is 18.9 Å². The number of benzene rings is 2. The van der Waals surface area contributed by atoms with Gasteiger partial charge in [0.1, 0.15) is 34.3 Å². The first-order valence-corrected chi connectivity index (χ1v) is 13.0. The van der Waals surface area contributed by atoms with Gasteiger partial charge in [0.05, 0.1) is 37.8 Å². The van der Waals surface area contributed by atoms with Gasteiger partial charge in [-0.15, -0.1) is 0 Å². The van der Waals surface area contributed by atoms with Gasteiger partial charge < -0.3 is 23.7 Å². The van der Waals surface area contributed by atoms with Crippen LogP contribution in [0.2, 0.25) is 0 Å². The minimum atomic E-state index is -0.258. The fourth-order valence-corrected chi connectivity index (χ4v) is 4.22. The molecule has 0 bridgehead atoms. The molecule has 0 fully saturated rings. The van der Waals surface area contributed by atoms with Crippen molar-refractivity contribution < 1.29 is 28.5 Å². The van der Waals surface area contributed by atoms with Crippen molar-refractivity contribution >= 4 is 38.3 Å². The second kappa shape index (κ2) is 15.3. The van der Waals surface area contributed by atoms with E-state index in [1.54, 1.807) is 32.4 Å². The molecule has 0 amide bonds. The average Bonchev–Trinajstić information content (AvgIpc) is 2.84. The molecular weight excluding hydrogens is 458 g/mol. The van der Waals surface area contributed by atoms with Crippen molar-refractivity contribution in [3.63, 3.8) is 0 Å². The molecule has 0 spiro atoms. The van der Waals surface area contributed by atoms with Crippen LogP contribution in [-0.2, 0) is 0 Å². The molecule has 0 saturated carbocycles. The Morgan fingerprint density at radius 3 is 1.60 bits per heavy atom. The molecule has 8 heteroatoms. The maximum atomic E-state index is 13.6. The third-order valence-corrected chi connectivity index (χ3v) is 6.87. The molecule has 2 aromatic rings. The van der Waals surface area contributed by atoms with Crippen LogP contribution in [0, 0.1) is 0 Å². The van der Waals surface area contributed by atoms with Crippen molar-refractivity contribution in [2.45, 2.75) is 79.1 Å². The van der Waals surface area contributed by atoms with Gasteiger partial charge in [0.15, 0.2) is 5.52 Å². The summed E-state index contributed by atoms with van der Waals surface area (Å²) in [6.07, 6.45) is 2.51. The van der Waals surface area contributed by atoms with Gasteiger partial charge in [0.2, 0.25) is 0 Å². The molecule has 0 aliphatic rings. The van der Waals surface area contributed by atoms with Gasteiger partial charge in [-0.05, 0) is 60.7 Å². The van der Waals surface area contributed by atoms with Gasteiger partial charge in [-0.3, -0.25) is 4.79 Å². The minimum absolute atomic E-state index is 0. The topological polar surface area (TPSA) is 63.2 Å². The number of ether oxygens (including phenoxy) is 5. The second-order valence-electron chi connectivity index (χ2n) is 8.30. The molecule has 0 aliphatic heterocycles. The zero-order valence-corrected chi connectivity index (χ0v) is 22.7. The number of carbonyl (C=O) groups is 1.